The van der Waals surface area contributed by atoms with Gasteiger partial charge >= 0.3 is 0 Å². The fourth-order valence-electron chi connectivity index (χ4n) is 2.29. The Balaban J connectivity index is 1.98. The fourth-order valence-corrected chi connectivity index (χ4v) is 2.87. The predicted octanol–water partition coefficient (Wildman–Crippen LogP) is 6.33. The van der Waals surface area contributed by atoms with E-state index >= 15 is 0 Å². The van der Waals surface area contributed by atoms with Crippen molar-refractivity contribution in [2.45, 2.75) is 64.8 Å². The average molecular weight is 361 g/mol. The van der Waals surface area contributed by atoms with Crippen LogP contribution in [0.5, 0.6) is 0 Å². The number of benzene rings is 1. The van der Waals surface area contributed by atoms with Gasteiger partial charge in [0.05, 0.1) is 0 Å². The molecule has 0 aromatic heterocycles. The minimum Gasteiger partial charge on any atom is -0.313 e. The van der Waals surface area contributed by atoms with Gasteiger partial charge in [0, 0.05) is 16.0 Å². The molecule has 1 aromatic carbocycles. The second-order valence-corrected chi connectivity index (χ2v) is 6.68. The summed E-state index contributed by atoms with van der Waals surface area (Å²) in [5.74, 6) is 0. The quantitative estimate of drug-likeness (QED) is 0.454. The van der Waals surface area contributed by atoms with Crippen molar-refractivity contribution >= 4 is 27.5 Å². The Labute approximate surface area is 137 Å². The second-order valence-electron chi connectivity index (χ2n) is 5.39. The molecule has 1 aromatic rings. The molecule has 0 bridgehead atoms. The summed E-state index contributed by atoms with van der Waals surface area (Å²) in [5, 5.41) is 4.30. The normalized spacial score (nSPS) is 10.9. The van der Waals surface area contributed by atoms with Gasteiger partial charge in [-0.3, -0.25) is 0 Å². The molecule has 0 aliphatic heterocycles. The van der Waals surface area contributed by atoms with Crippen molar-refractivity contribution in [2.75, 3.05) is 6.54 Å². The van der Waals surface area contributed by atoms with Crippen LogP contribution in [0.25, 0.3) is 0 Å². The van der Waals surface area contributed by atoms with Gasteiger partial charge in [0.25, 0.3) is 0 Å². The zero-order chi connectivity index (χ0) is 14.6. The van der Waals surface area contributed by atoms with Gasteiger partial charge in [-0.1, -0.05) is 79.4 Å². The largest absolute Gasteiger partial charge is 0.313 e. The highest BCUT2D eigenvalue weighted by Crippen LogP contribution is 2.20. The third-order valence-electron chi connectivity index (χ3n) is 3.53. The van der Waals surface area contributed by atoms with E-state index in [2.05, 4.69) is 28.2 Å². The Morgan fingerprint density at radius 1 is 1.00 bits per heavy atom. The Morgan fingerprint density at radius 2 is 1.65 bits per heavy atom. The van der Waals surface area contributed by atoms with Gasteiger partial charge in [0.15, 0.2) is 0 Å². The molecule has 1 rings (SSSR count). The standard InChI is InChI=1S/C17H27BrClN/c1-2-3-4-5-6-7-8-9-12-20-14-15-13-16(19)10-11-17(15)18/h10-11,13,20H,2-9,12,14H2,1H3. The van der Waals surface area contributed by atoms with E-state index in [9.17, 15) is 0 Å². The molecule has 0 fully saturated rings. The molecule has 0 heterocycles. The molecule has 1 nitrogen and oxygen atoms in total. The van der Waals surface area contributed by atoms with Crippen LogP contribution in [0, 0.1) is 0 Å². The monoisotopic (exact) mass is 359 g/mol. The van der Waals surface area contributed by atoms with Gasteiger partial charge in [-0.05, 0) is 36.7 Å². The Morgan fingerprint density at radius 3 is 2.35 bits per heavy atom. The van der Waals surface area contributed by atoms with Crippen LogP contribution in [-0.4, -0.2) is 6.54 Å². The lowest BCUT2D eigenvalue weighted by atomic mass is 10.1. The molecule has 114 valence electrons. The highest BCUT2D eigenvalue weighted by molar-refractivity contribution is 9.10. The van der Waals surface area contributed by atoms with Crippen molar-refractivity contribution in [2.24, 2.45) is 0 Å². The van der Waals surface area contributed by atoms with Gasteiger partial charge in [-0.2, -0.15) is 0 Å². The number of unbranched alkanes of at least 4 members (excludes halogenated alkanes) is 7. The Kier molecular flexibility index (Phi) is 10.4. The molecule has 0 aliphatic carbocycles. The number of hydrogen-bond acceptors (Lipinski definition) is 1. The predicted molar refractivity (Wildman–Crippen MR) is 93.5 cm³/mol. The van der Waals surface area contributed by atoms with E-state index in [0.717, 1.165) is 22.6 Å². The lowest BCUT2D eigenvalue weighted by molar-refractivity contribution is 0.555. The van der Waals surface area contributed by atoms with Crippen LogP contribution in [0.1, 0.15) is 63.9 Å². The molecule has 0 saturated heterocycles. The molecular formula is C17H27BrClN. The van der Waals surface area contributed by atoms with Gasteiger partial charge in [0.1, 0.15) is 0 Å². The number of nitrogens with one attached hydrogen (secondary N) is 1. The molecule has 0 radical (unpaired) electrons. The summed E-state index contributed by atoms with van der Waals surface area (Å²) in [6.45, 7) is 4.25. The molecule has 0 unspecified atom stereocenters. The highest BCUT2D eigenvalue weighted by Gasteiger charge is 2.00. The minimum absolute atomic E-state index is 0.803. The first kappa shape index (κ1) is 18.0. The van der Waals surface area contributed by atoms with Gasteiger partial charge in [0.2, 0.25) is 0 Å². The van der Waals surface area contributed by atoms with Crippen LogP contribution >= 0.6 is 27.5 Å². The lowest BCUT2D eigenvalue weighted by Crippen LogP contribution is -2.14. The topological polar surface area (TPSA) is 12.0 Å². The van der Waals surface area contributed by atoms with E-state index < -0.39 is 0 Å². The molecule has 0 spiro atoms. The first-order chi connectivity index (χ1) is 9.74. The summed E-state index contributed by atoms with van der Waals surface area (Å²) in [5.41, 5.74) is 1.23. The molecule has 1 N–H and O–H groups in total. The molecule has 0 aliphatic rings. The van der Waals surface area contributed by atoms with Crippen LogP contribution in [0.3, 0.4) is 0 Å². The van der Waals surface area contributed by atoms with Crippen molar-refractivity contribution in [3.8, 4) is 0 Å². The molecule has 20 heavy (non-hydrogen) atoms. The van der Waals surface area contributed by atoms with Crippen molar-refractivity contribution in [3.05, 3.63) is 33.3 Å². The second kappa shape index (κ2) is 11.6. The van der Waals surface area contributed by atoms with Gasteiger partial charge in [-0.15, -0.1) is 0 Å². The number of halogens is 2. The zero-order valence-corrected chi connectivity index (χ0v) is 14.9. The van der Waals surface area contributed by atoms with Crippen LogP contribution in [0.15, 0.2) is 22.7 Å². The SMILES string of the molecule is CCCCCCCCCCNCc1cc(Cl)ccc1Br. The maximum Gasteiger partial charge on any atom is 0.0410 e. The van der Waals surface area contributed by atoms with Crippen LogP contribution in [-0.2, 0) is 6.54 Å². The van der Waals surface area contributed by atoms with E-state index in [1.807, 2.05) is 18.2 Å². The molecule has 0 atom stereocenters. The van der Waals surface area contributed by atoms with Crippen LogP contribution < -0.4 is 5.32 Å². The molecule has 0 amide bonds. The maximum absolute atomic E-state index is 6.00. The molecule has 0 saturated carbocycles. The van der Waals surface area contributed by atoms with Gasteiger partial charge < -0.3 is 5.32 Å². The third-order valence-corrected chi connectivity index (χ3v) is 4.54. The third kappa shape index (κ3) is 8.28. The lowest BCUT2D eigenvalue weighted by Gasteiger charge is -2.07. The fraction of sp³-hybridized carbons (Fsp3) is 0.647. The zero-order valence-electron chi connectivity index (χ0n) is 12.6. The Hall–Kier alpha value is -0.0500. The average Bonchev–Trinajstić information content (AvgIpc) is 2.44. The summed E-state index contributed by atoms with van der Waals surface area (Å²) >= 11 is 9.56. The number of hydrogen-bond donors (Lipinski definition) is 1. The van der Waals surface area contributed by atoms with E-state index in [4.69, 9.17) is 11.6 Å². The summed E-state index contributed by atoms with van der Waals surface area (Å²) in [7, 11) is 0. The highest BCUT2D eigenvalue weighted by atomic mass is 79.9. The van der Waals surface area contributed by atoms with Crippen molar-refractivity contribution in [1.82, 2.24) is 5.32 Å². The number of rotatable bonds is 11. The van der Waals surface area contributed by atoms with E-state index in [1.165, 1.54) is 56.9 Å². The smallest absolute Gasteiger partial charge is 0.0410 e. The van der Waals surface area contributed by atoms with Crippen molar-refractivity contribution < 1.29 is 0 Å². The summed E-state index contributed by atoms with van der Waals surface area (Å²) in [6, 6.07) is 5.94. The molecular weight excluding hydrogens is 334 g/mol. The minimum atomic E-state index is 0.803. The Bertz CT molecular complexity index is 368. The van der Waals surface area contributed by atoms with Crippen LogP contribution in [0.2, 0.25) is 5.02 Å². The first-order valence-electron chi connectivity index (χ1n) is 7.88. The summed E-state index contributed by atoms with van der Waals surface area (Å²) < 4.78 is 1.13. The van der Waals surface area contributed by atoms with E-state index in [0.29, 0.717) is 0 Å². The van der Waals surface area contributed by atoms with E-state index in [1.54, 1.807) is 0 Å². The summed E-state index contributed by atoms with van der Waals surface area (Å²) in [4.78, 5) is 0. The van der Waals surface area contributed by atoms with Crippen LogP contribution in [0.4, 0.5) is 0 Å². The molecule has 3 heteroatoms. The first-order valence-corrected chi connectivity index (χ1v) is 9.05. The van der Waals surface area contributed by atoms with Crippen molar-refractivity contribution in [3.63, 3.8) is 0 Å². The summed E-state index contributed by atoms with van der Waals surface area (Å²) in [6.07, 6.45) is 11.0. The maximum atomic E-state index is 6.00. The van der Waals surface area contributed by atoms with E-state index in [-0.39, 0.29) is 0 Å². The van der Waals surface area contributed by atoms with Gasteiger partial charge in [-0.25, -0.2) is 0 Å². The van der Waals surface area contributed by atoms with Crippen molar-refractivity contribution in [1.29, 1.82) is 0 Å².